The first-order valence-corrected chi connectivity index (χ1v) is 8.05. The normalized spacial score (nSPS) is 24.7. The van der Waals surface area contributed by atoms with Gasteiger partial charge in [0.05, 0.1) is 5.69 Å². The van der Waals surface area contributed by atoms with E-state index in [0.717, 1.165) is 61.5 Å². The van der Waals surface area contributed by atoms with Crippen molar-refractivity contribution in [2.75, 3.05) is 24.5 Å². The highest BCUT2D eigenvalue weighted by molar-refractivity contribution is 5.58. The summed E-state index contributed by atoms with van der Waals surface area (Å²) in [5, 5.41) is 22.0. The molecule has 0 radical (unpaired) electrons. The van der Waals surface area contributed by atoms with E-state index < -0.39 is 0 Å². The van der Waals surface area contributed by atoms with Gasteiger partial charge < -0.3 is 10.2 Å². The summed E-state index contributed by atoms with van der Waals surface area (Å²) in [7, 11) is 0. The number of rotatable bonds is 3. The Morgan fingerprint density at radius 3 is 2.86 bits per heavy atom. The van der Waals surface area contributed by atoms with Gasteiger partial charge in [0.15, 0.2) is 5.82 Å². The zero-order valence-corrected chi connectivity index (χ0v) is 12.9. The second-order valence-corrected chi connectivity index (χ2v) is 5.99. The Kier molecular flexibility index (Phi) is 4.07. The Bertz CT molecular complexity index is 563. The molecule has 1 aromatic heterocycles. The molecule has 112 valence electrons. The van der Waals surface area contributed by atoms with Crippen molar-refractivity contribution in [3.05, 3.63) is 16.8 Å². The Morgan fingerprint density at radius 1 is 1.29 bits per heavy atom. The zero-order chi connectivity index (χ0) is 14.8. The van der Waals surface area contributed by atoms with Gasteiger partial charge in [0, 0.05) is 19.1 Å². The summed E-state index contributed by atoms with van der Waals surface area (Å²) in [6.45, 7) is 7.24. The molecule has 2 aliphatic rings. The smallest absolute Gasteiger partial charge is 0.169 e. The molecule has 0 bridgehead atoms. The number of piperidine rings is 1. The molecule has 0 aromatic carbocycles. The largest absolute Gasteiger partial charge is 0.354 e. The number of fused-ring (bicyclic) bond motifs is 1. The summed E-state index contributed by atoms with van der Waals surface area (Å²) in [6.07, 6.45) is 4.04. The van der Waals surface area contributed by atoms with Crippen LogP contribution in [-0.4, -0.2) is 35.9 Å². The second kappa shape index (κ2) is 5.98. The first-order valence-electron chi connectivity index (χ1n) is 8.05. The number of anilines is 1. The molecular weight excluding hydrogens is 262 g/mol. The SMILES string of the molecule is CCc1nnc(N2CCC3NCCC3C2)c(C#N)c1CC. The zero-order valence-electron chi connectivity index (χ0n) is 12.9. The molecule has 2 aliphatic heterocycles. The van der Waals surface area contributed by atoms with E-state index in [0.29, 0.717) is 12.0 Å². The van der Waals surface area contributed by atoms with Crippen LogP contribution in [0.15, 0.2) is 0 Å². The van der Waals surface area contributed by atoms with Crippen LogP contribution in [0.5, 0.6) is 0 Å². The quantitative estimate of drug-likeness (QED) is 0.915. The van der Waals surface area contributed by atoms with Crippen molar-refractivity contribution in [2.45, 2.75) is 45.6 Å². The van der Waals surface area contributed by atoms with Crippen molar-refractivity contribution in [3.8, 4) is 6.07 Å². The number of hydrogen-bond acceptors (Lipinski definition) is 5. The average Bonchev–Trinajstić information content (AvgIpc) is 3.00. The predicted octanol–water partition coefficient (Wildman–Crippen LogP) is 1.66. The van der Waals surface area contributed by atoms with Gasteiger partial charge in [-0.25, -0.2) is 0 Å². The van der Waals surface area contributed by atoms with Crippen LogP contribution in [0.4, 0.5) is 5.82 Å². The Hall–Kier alpha value is -1.67. The van der Waals surface area contributed by atoms with Gasteiger partial charge in [0.25, 0.3) is 0 Å². The van der Waals surface area contributed by atoms with Crippen molar-refractivity contribution in [3.63, 3.8) is 0 Å². The van der Waals surface area contributed by atoms with Crippen molar-refractivity contribution >= 4 is 5.82 Å². The van der Waals surface area contributed by atoms with Crippen LogP contribution >= 0.6 is 0 Å². The van der Waals surface area contributed by atoms with E-state index in [1.165, 1.54) is 6.42 Å². The summed E-state index contributed by atoms with van der Waals surface area (Å²) in [6, 6.07) is 3.04. The topological polar surface area (TPSA) is 64.8 Å². The van der Waals surface area contributed by atoms with Crippen molar-refractivity contribution < 1.29 is 0 Å². The highest BCUT2D eigenvalue weighted by Gasteiger charge is 2.34. The standard InChI is InChI=1S/C16H23N5/c1-3-12-13(9-17)16(20-19-14(12)4-2)21-8-6-15-11(10-21)5-7-18-15/h11,15,18H,3-8,10H2,1-2H3. The minimum Gasteiger partial charge on any atom is -0.354 e. The van der Waals surface area contributed by atoms with E-state index in [1.807, 2.05) is 0 Å². The molecule has 2 unspecified atom stereocenters. The van der Waals surface area contributed by atoms with E-state index in [4.69, 9.17) is 0 Å². The van der Waals surface area contributed by atoms with Crippen molar-refractivity contribution in [1.29, 1.82) is 5.26 Å². The molecule has 1 N–H and O–H groups in total. The van der Waals surface area contributed by atoms with Crippen LogP contribution in [0.1, 0.15) is 43.5 Å². The molecule has 2 atom stereocenters. The molecule has 5 nitrogen and oxygen atoms in total. The van der Waals surface area contributed by atoms with Gasteiger partial charge in [0.1, 0.15) is 11.6 Å². The molecule has 0 spiro atoms. The molecule has 5 heteroatoms. The molecular formula is C16H23N5. The Labute approximate surface area is 126 Å². The highest BCUT2D eigenvalue weighted by atomic mass is 15.3. The molecule has 0 amide bonds. The van der Waals surface area contributed by atoms with Gasteiger partial charge in [-0.05, 0) is 43.7 Å². The van der Waals surface area contributed by atoms with Crippen molar-refractivity contribution in [2.24, 2.45) is 5.92 Å². The predicted molar refractivity (Wildman–Crippen MR) is 82.2 cm³/mol. The number of nitriles is 1. The van der Waals surface area contributed by atoms with Gasteiger partial charge in [-0.2, -0.15) is 10.4 Å². The van der Waals surface area contributed by atoms with Gasteiger partial charge in [0.2, 0.25) is 0 Å². The van der Waals surface area contributed by atoms with Crippen LogP contribution in [0, 0.1) is 17.2 Å². The van der Waals surface area contributed by atoms with Crippen molar-refractivity contribution in [1.82, 2.24) is 15.5 Å². The minimum atomic E-state index is 0.653. The summed E-state index contributed by atoms with van der Waals surface area (Å²) in [4.78, 5) is 2.28. The van der Waals surface area contributed by atoms with E-state index in [9.17, 15) is 5.26 Å². The van der Waals surface area contributed by atoms with Crippen LogP contribution in [0.25, 0.3) is 0 Å². The summed E-state index contributed by atoms with van der Waals surface area (Å²) in [5.41, 5.74) is 2.79. The van der Waals surface area contributed by atoms with Gasteiger partial charge >= 0.3 is 0 Å². The number of nitrogens with zero attached hydrogens (tertiary/aromatic N) is 4. The summed E-state index contributed by atoms with van der Waals surface area (Å²) in [5.74, 6) is 1.49. The number of nitrogens with one attached hydrogen (secondary N) is 1. The lowest BCUT2D eigenvalue weighted by Crippen LogP contribution is -2.45. The number of aromatic nitrogens is 2. The van der Waals surface area contributed by atoms with E-state index in [1.54, 1.807) is 0 Å². The lowest BCUT2D eigenvalue weighted by Gasteiger charge is -2.36. The first kappa shape index (κ1) is 14.3. The van der Waals surface area contributed by atoms with Gasteiger partial charge in [-0.15, -0.1) is 5.10 Å². The lowest BCUT2D eigenvalue weighted by atomic mass is 9.93. The fourth-order valence-electron chi connectivity index (χ4n) is 3.74. The minimum absolute atomic E-state index is 0.653. The molecule has 2 fully saturated rings. The molecule has 0 aliphatic carbocycles. The highest BCUT2D eigenvalue weighted by Crippen LogP contribution is 2.30. The monoisotopic (exact) mass is 285 g/mol. The lowest BCUT2D eigenvalue weighted by molar-refractivity contribution is 0.374. The van der Waals surface area contributed by atoms with Gasteiger partial charge in [-0.1, -0.05) is 13.8 Å². The van der Waals surface area contributed by atoms with Crippen LogP contribution in [0.2, 0.25) is 0 Å². The average molecular weight is 285 g/mol. The molecule has 2 saturated heterocycles. The third-order valence-electron chi connectivity index (χ3n) is 4.89. The van der Waals surface area contributed by atoms with E-state index >= 15 is 0 Å². The maximum absolute atomic E-state index is 9.61. The molecule has 21 heavy (non-hydrogen) atoms. The Morgan fingerprint density at radius 2 is 2.14 bits per heavy atom. The maximum atomic E-state index is 9.61. The number of aryl methyl sites for hydroxylation is 1. The third-order valence-corrected chi connectivity index (χ3v) is 4.89. The number of hydrogen-bond donors (Lipinski definition) is 1. The van der Waals surface area contributed by atoms with Crippen LogP contribution < -0.4 is 10.2 Å². The van der Waals surface area contributed by atoms with E-state index in [2.05, 4.69) is 40.3 Å². The first-order chi connectivity index (χ1) is 10.3. The fourth-order valence-corrected chi connectivity index (χ4v) is 3.74. The fraction of sp³-hybridized carbons (Fsp3) is 0.688. The van der Waals surface area contributed by atoms with Crippen LogP contribution in [-0.2, 0) is 12.8 Å². The molecule has 3 heterocycles. The van der Waals surface area contributed by atoms with E-state index in [-0.39, 0.29) is 0 Å². The summed E-state index contributed by atoms with van der Waals surface area (Å²) >= 11 is 0. The van der Waals surface area contributed by atoms with Crippen LogP contribution in [0.3, 0.4) is 0 Å². The maximum Gasteiger partial charge on any atom is 0.169 e. The molecule has 1 aromatic rings. The Balaban J connectivity index is 1.93. The third kappa shape index (κ3) is 2.49. The second-order valence-electron chi connectivity index (χ2n) is 5.99. The molecule has 0 saturated carbocycles. The van der Waals surface area contributed by atoms with Gasteiger partial charge in [-0.3, -0.25) is 0 Å². The molecule has 3 rings (SSSR count). The summed E-state index contributed by atoms with van der Waals surface area (Å²) < 4.78 is 0.